The maximum absolute atomic E-state index is 13.0. The molecule has 184 valence electrons. The lowest BCUT2D eigenvalue weighted by atomic mass is 10.0. The molecule has 1 saturated heterocycles. The van der Waals surface area contributed by atoms with Gasteiger partial charge in [-0.1, -0.05) is 6.42 Å². The number of carbonyl (C=O) groups excluding carboxylic acids is 2. The summed E-state index contributed by atoms with van der Waals surface area (Å²) in [5.74, 6) is -1.55. The van der Waals surface area contributed by atoms with Gasteiger partial charge in [0.1, 0.15) is 6.33 Å². The lowest BCUT2D eigenvalue weighted by Gasteiger charge is -2.25. The molecular formula is C20H20F6N6O2. The zero-order valence-electron chi connectivity index (χ0n) is 17.6. The number of benzene rings is 1. The molecular weight excluding hydrogens is 470 g/mol. The van der Waals surface area contributed by atoms with Gasteiger partial charge in [0.25, 0.3) is 11.8 Å². The van der Waals surface area contributed by atoms with Crippen LogP contribution in [0.15, 0.2) is 30.6 Å². The van der Waals surface area contributed by atoms with Crippen molar-refractivity contribution >= 4 is 18.0 Å². The van der Waals surface area contributed by atoms with Crippen LogP contribution < -0.4 is 10.9 Å². The lowest BCUT2D eigenvalue weighted by Crippen LogP contribution is -2.46. The van der Waals surface area contributed by atoms with Crippen molar-refractivity contribution in [3.8, 4) is 11.4 Å². The van der Waals surface area contributed by atoms with Crippen molar-refractivity contribution < 1.29 is 35.9 Å². The van der Waals surface area contributed by atoms with Crippen LogP contribution in [0.25, 0.3) is 17.6 Å². The lowest BCUT2D eigenvalue weighted by molar-refractivity contribution is -0.143. The van der Waals surface area contributed by atoms with Crippen LogP contribution in [0.3, 0.4) is 0 Å². The van der Waals surface area contributed by atoms with Crippen LogP contribution >= 0.6 is 0 Å². The molecule has 1 aromatic heterocycles. The molecule has 0 atom stereocenters. The van der Waals surface area contributed by atoms with E-state index in [1.807, 2.05) is 4.90 Å². The Balaban J connectivity index is 1.63. The first-order valence-electron chi connectivity index (χ1n) is 10.1. The third-order valence-electron chi connectivity index (χ3n) is 4.87. The van der Waals surface area contributed by atoms with E-state index >= 15 is 0 Å². The highest BCUT2D eigenvalue weighted by atomic mass is 19.4. The zero-order chi connectivity index (χ0) is 24.9. The standard InChI is InChI=1S/C20H20F6N6O2/c21-19(22,23)14-8-13(9-15(10-14)20(24,25)26)18-27-12-32(30-18)7-4-16(33)28-29-17(34)11-31-5-2-1-3-6-31/h4,7-10,12H,1-3,5-6,11H2,(H,28,33)(H,29,34)/b7-4-. The quantitative estimate of drug-likeness (QED) is 0.382. The Kier molecular flexibility index (Phi) is 7.59. The summed E-state index contributed by atoms with van der Waals surface area (Å²) in [6.45, 7) is 1.73. The highest BCUT2D eigenvalue weighted by molar-refractivity contribution is 5.91. The van der Waals surface area contributed by atoms with Crippen molar-refractivity contribution in [3.05, 3.63) is 41.7 Å². The second-order valence-electron chi connectivity index (χ2n) is 7.53. The molecule has 2 aromatic rings. The van der Waals surface area contributed by atoms with Gasteiger partial charge in [-0.2, -0.15) is 26.3 Å². The van der Waals surface area contributed by atoms with Gasteiger partial charge >= 0.3 is 12.4 Å². The number of alkyl halides is 6. The number of likely N-dealkylation sites (tertiary alicyclic amines) is 1. The van der Waals surface area contributed by atoms with Crippen molar-refractivity contribution in [1.29, 1.82) is 0 Å². The van der Waals surface area contributed by atoms with Gasteiger partial charge < -0.3 is 0 Å². The van der Waals surface area contributed by atoms with E-state index in [0.29, 0.717) is 12.1 Å². The van der Waals surface area contributed by atoms with E-state index < -0.39 is 46.7 Å². The minimum absolute atomic E-state index is 0.00427. The topological polar surface area (TPSA) is 92.1 Å². The van der Waals surface area contributed by atoms with E-state index in [1.54, 1.807) is 0 Å². The first-order valence-corrected chi connectivity index (χ1v) is 10.1. The molecule has 1 aromatic carbocycles. The van der Waals surface area contributed by atoms with Crippen molar-refractivity contribution in [2.24, 2.45) is 0 Å². The van der Waals surface area contributed by atoms with E-state index in [-0.39, 0.29) is 12.6 Å². The summed E-state index contributed by atoms with van der Waals surface area (Å²) in [7, 11) is 0. The fourth-order valence-electron chi connectivity index (χ4n) is 3.24. The molecule has 8 nitrogen and oxygen atoms in total. The predicted octanol–water partition coefficient (Wildman–Crippen LogP) is 3.09. The van der Waals surface area contributed by atoms with Crippen LogP contribution in [-0.4, -0.2) is 51.1 Å². The van der Waals surface area contributed by atoms with Crippen LogP contribution in [0.4, 0.5) is 26.3 Å². The number of piperidine rings is 1. The minimum atomic E-state index is -5.00. The maximum Gasteiger partial charge on any atom is 0.416 e. The number of carbonyl (C=O) groups is 2. The summed E-state index contributed by atoms with van der Waals surface area (Å²) >= 11 is 0. The maximum atomic E-state index is 13.0. The third-order valence-corrected chi connectivity index (χ3v) is 4.87. The number of nitrogens with zero attached hydrogens (tertiary/aromatic N) is 4. The summed E-state index contributed by atoms with van der Waals surface area (Å²) in [4.78, 5) is 29.4. The van der Waals surface area contributed by atoms with Crippen molar-refractivity contribution in [2.45, 2.75) is 31.6 Å². The Hall–Kier alpha value is -3.42. The van der Waals surface area contributed by atoms with Gasteiger partial charge in [-0.25, -0.2) is 9.67 Å². The Morgan fingerprint density at radius 2 is 1.56 bits per heavy atom. The summed E-state index contributed by atoms with van der Waals surface area (Å²) in [6.07, 6.45) is -3.87. The molecule has 1 fully saturated rings. The van der Waals surface area contributed by atoms with Gasteiger partial charge in [0.2, 0.25) is 0 Å². The van der Waals surface area contributed by atoms with E-state index in [1.165, 1.54) is 0 Å². The minimum Gasteiger partial charge on any atom is -0.294 e. The molecule has 1 aliphatic heterocycles. The smallest absolute Gasteiger partial charge is 0.294 e. The average Bonchev–Trinajstić information content (AvgIpc) is 3.25. The van der Waals surface area contributed by atoms with Crippen LogP contribution in [0.1, 0.15) is 30.4 Å². The van der Waals surface area contributed by atoms with Crippen LogP contribution in [0, 0.1) is 0 Å². The normalized spacial score (nSPS) is 15.5. The van der Waals surface area contributed by atoms with Gasteiger partial charge in [0.15, 0.2) is 5.82 Å². The molecule has 2 heterocycles. The molecule has 0 aliphatic carbocycles. The molecule has 2 amide bonds. The second-order valence-corrected chi connectivity index (χ2v) is 7.53. The van der Waals surface area contributed by atoms with E-state index in [0.717, 1.165) is 55.6 Å². The Morgan fingerprint density at radius 3 is 2.15 bits per heavy atom. The first kappa shape index (κ1) is 25.2. The number of hydrogen-bond donors (Lipinski definition) is 2. The number of hydrazine groups is 1. The average molecular weight is 490 g/mol. The van der Waals surface area contributed by atoms with Gasteiger partial charge in [0.05, 0.1) is 17.7 Å². The van der Waals surface area contributed by atoms with Crippen LogP contribution in [0.2, 0.25) is 0 Å². The summed E-state index contributed by atoms with van der Waals surface area (Å²) in [5.41, 5.74) is 0.924. The highest BCUT2D eigenvalue weighted by Gasteiger charge is 2.37. The van der Waals surface area contributed by atoms with Gasteiger partial charge in [-0.3, -0.25) is 25.3 Å². The summed E-state index contributed by atoms with van der Waals surface area (Å²) < 4.78 is 79.1. The van der Waals surface area contributed by atoms with Crippen molar-refractivity contribution in [3.63, 3.8) is 0 Å². The number of nitrogens with one attached hydrogen (secondary N) is 2. The molecule has 34 heavy (non-hydrogen) atoms. The molecule has 3 rings (SSSR count). The largest absolute Gasteiger partial charge is 0.416 e. The molecule has 0 unspecified atom stereocenters. The van der Waals surface area contributed by atoms with Crippen molar-refractivity contribution in [1.82, 2.24) is 30.5 Å². The van der Waals surface area contributed by atoms with Gasteiger partial charge in [0, 0.05) is 17.8 Å². The Bertz CT molecular complexity index is 1020. The van der Waals surface area contributed by atoms with E-state index in [9.17, 15) is 35.9 Å². The molecule has 14 heteroatoms. The highest BCUT2D eigenvalue weighted by Crippen LogP contribution is 2.38. The van der Waals surface area contributed by atoms with Crippen LogP contribution in [0.5, 0.6) is 0 Å². The third kappa shape index (κ3) is 7.04. The first-order chi connectivity index (χ1) is 15.9. The van der Waals surface area contributed by atoms with Gasteiger partial charge in [-0.15, -0.1) is 5.10 Å². The molecule has 0 saturated carbocycles. The monoisotopic (exact) mass is 490 g/mol. The fourth-order valence-corrected chi connectivity index (χ4v) is 3.24. The number of rotatable bonds is 5. The summed E-state index contributed by atoms with van der Waals surface area (Å²) in [5, 5.41) is 3.78. The number of hydrogen-bond acceptors (Lipinski definition) is 5. The summed E-state index contributed by atoms with van der Waals surface area (Å²) in [6, 6.07) is 1.01. The second kappa shape index (κ2) is 10.2. The zero-order valence-corrected chi connectivity index (χ0v) is 17.6. The number of aromatic nitrogens is 3. The van der Waals surface area contributed by atoms with Crippen LogP contribution in [-0.2, 0) is 21.9 Å². The molecule has 2 N–H and O–H groups in total. The molecule has 1 aliphatic rings. The molecule has 0 radical (unpaired) electrons. The molecule has 0 spiro atoms. The van der Waals surface area contributed by atoms with Gasteiger partial charge in [-0.05, 0) is 44.1 Å². The Labute approximate surface area is 189 Å². The van der Waals surface area contributed by atoms with E-state index in [2.05, 4.69) is 20.9 Å². The molecule has 0 bridgehead atoms. The number of amides is 2. The fraction of sp³-hybridized carbons (Fsp3) is 0.400. The van der Waals surface area contributed by atoms with Crippen molar-refractivity contribution in [2.75, 3.05) is 19.6 Å². The Morgan fingerprint density at radius 1 is 0.941 bits per heavy atom. The SMILES string of the molecule is O=C(/C=C\n1cnc(-c2cc(C(F)(F)F)cc(C(F)(F)F)c2)n1)NNC(=O)CN1CCCCC1. The predicted molar refractivity (Wildman–Crippen MR) is 107 cm³/mol. The number of halogens is 6. The van der Waals surface area contributed by atoms with E-state index in [4.69, 9.17) is 0 Å².